The highest BCUT2D eigenvalue weighted by molar-refractivity contribution is 9.10. The molecule has 1 aliphatic carbocycles. The lowest BCUT2D eigenvalue weighted by molar-refractivity contribution is -0.148. The van der Waals surface area contributed by atoms with Crippen molar-refractivity contribution in [1.29, 1.82) is 0 Å². The molecule has 1 heterocycles. The van der Waals surface area contributed by atoms with Gasteiger partial charge >= 0.3 is 5.97 Å². The predicted octanol–water partition coefficient (Wildman–Crippen LogP) is 3.84. The molecule has 0 spiro atoms. The van der Waals surface area contributed by atoms with Gasteiger partial charge in [0.1, 0.15) is 23.7 Å². The van der Waals surface area contributed by atoms with E-state index in [2.05, 4.69) is 21.2 Å². The molecule has 7 heteroatoms. The largest absolute Gasteiger partial charge is 0.486 e. The fourth-order valence-electron chi connectivity index (χ4n) is 3.12. The number of benzene rings is 1. The van der Waals surface area contributed by atoms with Crippen molar-refractivity contribution in [2.45, 2.75) is 37.8 Å². The van der Waals surface area contributed by atoms with Crippen LogP contribution in [0.15, 0.2) is 45.3 Å². The van der Waals surface area contributed by atoms with Crippen molar-refractivity contribution in [3.8, 4) is 5.75 Å². The molecule has 0 unspecified atom stereocenters. The van der Waals surface area contributed by atoms with Gasteiger partial charge in [0, 0.05) is 4.47 Å². The van der Waals surface area contributed by atoms with Crippen molar-refractivity contribution in [2.24, 2.45) is 0 Å². The van der Waals surface area contributed by atoms with Gasteiger partial charge in [0.15, 0.2) is 5.76 Å². The van der Waals surface area contributed by atoms with Crippen molar-refractivity contribution < 1.29 is 23.5 Å². The molecular formula is C19H20BrNO5. The van der Waals surface area contributed by atoms with E-state index in [1.165, 1.54) is 7.11 Å². The maximum absolute atomic E-state index is 12.5. The molecule has 0 radical (unpaired) electrons. The molecular weight excluding hydrogens is 402 g/mol. The van der Waals surface area contributed by atoms with Gasteiger partial charge in [-0.25, -0.2) is 4.79 Å². The summed E-state index contributed by atoms with van der Waals surface area (Å²) < 4.78 is 17.0. The Labute approximate surface area is 160 Å². The predicted molar refractivity (Wildman–Crippen MR) is 97.9 cm³/mol. The second kappa shape index (κ2) is 7.95. The van der Waals surface area contributed by atoms with Crippen LogP contribution in [0.5, 0.6) is 5.75 Å². The Kier molecular flexibility index (Phi) is 5.66. The molecule has 0 saturated heterocycles. The smallest absolute Gasteiger partial charge is 0.331 e. The van der Waals surface area contributed by atoms with Crippen LogP contribution in [0.4, 0.5) is 0 Å². The number of carbonyl (C=O) groups excluding carboxylic acids is 2. The van der Waals surface area contributed by atoms with Crippen LogP contribution >= 0.6 is 15.9 Å². The van der Waals surface area contributed by atoms with Crippen LogP contribution in [0.1, 0.15) is 42.0 Å². The van der Waals surface area contributed by atoms with Gasteiger partial charge in [-0.15, -0.1) is 0 Å². The topological polar surface area (TPSA) is 77.8 Å². The average molecular weight is 422 g/mol. The SMILES string of the molecule is COC(=O)C1(NC(=O)c2ccc(COc3cccc(Br)c3)o2)CCCC1. The van der Waals surface area contributed by atoms with Gasteiger partial charge in [-0.2, -0.15) is 0 Å². The van der Waals surface area contributed by atoms with Gasteiger partial charge in [-0.1, -0.05) is 34.8 Å². The first-order valence-electron chi connectivity index (χ1n) is 8.40. The molecule has 1 aromatic heterocycles. The number of ether oxygens (including phenoxy) is 2. The minimum absolute atomic E-state index is 0.146. The third-order valence-corrected chi connectivity index (χ3v) is 4.94. The Morgan fingerprint density at radius 2 is 2.00 bits per heavy atom. The molecule has 138 valence electrons. The highest BCUT2D eigenvalue weighted by Crippen LogP contribution is 2.31. The van der Waals surface area contributed by atoms with Crippen molar-refractivity contribution in [3.63, 3.8) is 0 Å². The molecule has 1 aromatic carbocycles. The van der Waals surface area contributed by atoms with Gasteiger partial charge in [-0.3, -0.25) is 4.79 Å². The quantitative estimate of drug-likeness (QED) is 0.716. The van der Waals surface area contributed by atoms with Crippen LogP contribution in [-0.2, 0) is 16.1 Å². The molecule has 0 aliphatic heterocycles. The number of carbonyl (C=O) groups is 2. The van der Waals surface area contributed by atoms with E-state index >= 15 is 0 Å². The van der Waals surface area contributed by atoms with Gasteiger partial charge in [-0.05, 0) is 43.2 Å². The van der Waals surface area contributed by atoms with Crippen molar-refractivity contribution in [1.82, 2.24) is 5.32 Å². The number of furan rings is 1. The van der Waals surface area contributed by atoms with E-state index in [0.717, 1.165) is 17.3 Å². The maximum atomic E-state index is 12.5. The summed E-state index contributed by atoms with van der Waals surface area (Å²) in [7, 11) is 1.33. The normalized spacial score (nSPS) is 15.5. The number of halogens is 1. The zero-order chi connectivity index (χ0) is 18.6. The third-order valence-electron chi connectivity index (χ3n) is 4.45. The zero-order valence-electron chi connectivity index (χ0n) is 14.4. The first-order valence-corrected chi connectivity index (χ1v) is 9.20. The highest BCUT2D eigenvalue weighted by atomic mass is 79.9. The first kappa shape index (κ1) is 18.5. The van der Waals surface area contributed by atoms with Crippen molar-refractivity contribution in [3.05, 3.63) is 52.4 Å². The van der Waals surface area contributed by atoms with Crippen LogP contribution < -0.4 is 10.1 Å². The minimum atomic E-state index is -0.953. The second-order valence-corrected chi connectivity index (χ2v) is 7.16. The molecule has 6 nitrogen and oxygen atoms in total. The third kappa shape index (κ3) is 4.09. The number of methoxy groups -OCH3 is 1. The number of hydrogen-bond donors (Lipinski definition) is 1. The molecule has 1 saturated carbocycles. The monoisotopic (exact) mass is 421 g/mol. The van der Waals surface area contributed by atoms with Crippen LogP contribution in [-0.4, -0.2) is 24.5 Å². The Morgan fingerprint density at radius 3 is 2.69 bits per heavy atom. The number of hydrogen-bond acceptors (Lipinski definition) is 5. The number of nitrogens with one attached hydrogen (secondary N) is 1. The summed E-state index contributed by atoms with van der Waals surface area (Å²) in [5, 5.41) is 2.80. The summed E-state index contributed by atoms with van der Waals surface area (Å²) in [5.41, 5.74) is -0.953. The van der Waals surface area contributed by atoms with E-state index in [9.17, 15) is 9.59 Å². The number of rotatable bonds is 6. The maximum Gasteiger partial charge on any atom is 0.331 e. The summed E-state index contributed by atoms with van der Waals surface area (Å²) >= 11 is 3.38. The minimum Gasteiger partial charge on any atom is -0.486 e. The molecule has 1 fully saturated rings. The van der Waals surface area contributed by atoms with E-state index in [4.69, 9.17) is 13.9 Å². The van der Waals surface area contributed by atoms with Crippen LogP contribution in [0.25, 0.3) is 0 Å². The number of amides is 1. The summed E-state index contributed by atoms with van der Waals surface area (Å²) in [4.78, 5) is 24.6. The van der Waals surface area contributed by atoms with Gasteiger partial charge in [0.25, 0.3) is 5.91 Å². The lowest BCUT2D eigenvalue weighted by atomic mass is 9.97. The Balaban J connectivity index is 1.63. The van der Waals surface area contributed by atoms with E-state index in [1.807, 2.05) is 24.3 Å². The fraction of sp³-hybridized carbons (Fsp3) is 0.368. The Hall–Kier alpha value is -2.28. The van der Waals surface area contributed by atoms with Gasteiger partial charge in [0.05, 0.1) is 7.11 Å². The molecule has 2 aromatic rings. The second-order valence-electron chi connectivity index (χ2n) is 6.25. The summed E-state index contributed by atoms with van der Waals surface area (Å²) in [6, 6.07) is 10.7. The molecule has 1 aliphatic rings. The van der Waals surface area contributed by atoms with Gasteiger partial charge < -0.3 is 19.2 Å². The summed E-state index contributed by atoms with van der Waals surface area (Å²) in [5.74, 6) is 0.526. The molecule has 26 heavy (non-hydrogen) atoms. The molecule has 3 rings (SSSR count). The average Bonchev–Trinajstić information content (AvgIpc) is 3.29. The molecule has 0 bridgehead atoms. The number of esters is 1. The van der Waals surface area contributed by atoms with Crippen LogP contribution in [0.2, 0.25) is 0 Å². The van der Waals surface area contributed by atoms with Crippen molar-refractivity contribution in [2.75, 3.05) is 7.11 Å². The van der Waals surface area contributed by atoms with E-state index < -0.39 is 17.4 Å². The summed E-state index contributed by atoms with van der Waals surface area (Å²) in [6.07, 6.45) is 2.90. The molecule has 1 amide bonds. The van der Waals surface area contributed by atoms with E-state index in [0.29, 0.717) is 24.4 Å². The Bertz CT molecular complexity index is 795. The van der Waals surface area contributed by atoms with Gasteiger partial charge in [0.2, 0.25) is 0 Å². The highest BCUT2D eigenvalue weighted by Gasteiger charge is 2.44. The van der Waals surface area contributed by atoms with E-state index in [1.54, 1.807) is 12.1 Å². The fourth-order valence-corrected chi connectivity index (χ4v) is 3.50. The molecule has 1 N–H and O–H groups in total. The van der Waals surface area contributed by atoms with Crippen LogP contribution in [0, 0.1) is 0 Å². The lowest BCUT2D eigenvalue weighted by Gasteiger charge is -2.26. The summed E-state index contributed by atoms with van der Waals surface area (Å²) in [6.45, 7) is 0.200. The zero-order valence-corrected chi connectivity index (χ0v) is 16.0. The standard InChI is InChI=1S/C19H20BrNO5/c1-24-18(23)19(9-2-3-10-19)21-17(22)16-8-7-15(26-16)12-25-14-6-4-5-13(20)11-14/h4-8,11H,2-3,9-10,12H2,1H3,(H,21,22). The van der Waals surface area contributed by atoms with Crippen LogP contribution in [0.3, 0.4) is 0 Å². The van der Waals surface area contributed by atoms with Crippen molar-refractivity contribution >= 4 is 27.8 Å². The lowest BCUT2D eigenvalue weighted by Crippen LogP contribution is -2.53. The molecule has 0 atom stereocenters. The Morgan fingerprint density at radius 1 is 1.23 bits per heavy atom. The van der Waals surface area contributed by atoms with E-state index in [-0.39, 0.29) is 12.4 Å². The first-order chi connectivity index (χ1) is 12.5.